The van der Waals surface area contributed by atoms with E-state index in [1.54, 1.807) is 0 Å². The highest BCUT2D eigenvalue weighted by Crippen LogP contribution is 2.14. The number of hydrogen-bond acceptors (Lipinski definition) is 3. The van der Waals surface area contributed by atoms with Crippen molar-refractivity contribution in [3.63, 3.8) is 0 Å². The van der Waals surface area contributed by atoms with E-state index in [1.807, 2.05) is 30.3 Å². The molecule has 20 heavy (non-hydrogen) atoms. The number of hydrogen-bond donors (Lipinski definition) is 2. The summed E-state index contributed by atoms with van der Waals surface area (Å²) in [5.74, 6) is 2.14. The molecular weight excluding hydrogens is 268 g/mol. The summed E-state index contributed by atoms with van der Waals surface area (Å²) in [5.41, 5.74) is 3.12. The van der Waals surface area contributed by atoms with Crippen LogP contribution >= 0.6 is 12.2 Å². The normalized spacial score (nSPS) is 11.3. The van der Waals surface area contributed by atoms with E-state index in [4.69, 9.17) is 12.2 Å². The molecule has 0 spiro atoms. The zero-order chi connectivity index (χ0) is 14.1. The van der Waals surface area contributed by atoms with E-state index in [1.165, 1.54) is 0 Å². The van der Waals surface area contributed by atoms with E-state index >= 15 is 0 Å². The molecule has 3 aromatic rings. The van der Waals surface area contributed by atoms with Crippen LogP contribution in [0.3, 0.4) is 0 Å². The van der Waals surface area contributed by atoms with Gasteiger partial charge in [-0.3, -0.25) is 0 Å². The second-order valence-corrected chi connectivity index (χ2v) is 5.57. The zero-order valence-corrected chi connectivity index (χ0v) is 12.3. The smallest absolute Gasteiger partial charge is 0.130 e. The van der Waals surface area contributed by atoms with Gasteiger partial charge in [0.25, 0.3) is 0 Å². The Balaban J connectivity index is 1.96. The van der Waals surface area contributed by atoms with Crippen molar-refractivity contribution in [3.05, 3.63) is 52.3 Å². The maximum Gasteiger partial charge on any atom is 0.130 e. The Kier molecular flexibility index (Phi) is 3.36. The fraction of sp³-hybridized carbons (Fsp3) is 0.267. The number of fused-ring (bicyclic) bond motifs is 1. The third kappa shape index (κ3) is 2.63. The predicted octanol–water partition coefficient (Wildman–Crippen LogP) is 3.73. The Labute approximate surface area is 122 Å². The Hall–Kier alpha value is -2.01. The van der Waals surface area contributed by atoms with E-state index in [9.17, 15) is 0 Å². The van der Waals surface area contributed by atoms with Crippen molar-refractivity contribution in [2.24, 2.45) is 0 Å². The first-order valence-electron chi connectivity index (χ1n) is 6.65. The van der Waals surface area contributed by atoms with Gasteiger partial charge in [0.05, 0.1) is 17.5 Å². The molecule has 0 saturated carbocycles. The monoisotopic (exact) mass is 284 g/mol. The van der Waals surface area contributed by atoms with Crippen LogP contribution in [0, 0.1) is 4.64 Å². The quantitative estimate of drug-likeness (QED) is 0.720. The molecule has 0 aliphatic heterocycles. The average molecular weight is 284 g/mol. The molecule has 0 aliphatic carbocycles. The molecular formula is C15H16N4S. The molecule has 4 nitrogen and oxygen atoms in total. The first kappa shape index (κ1) is 13.0. The number of rotatable bonds is 3. The average Bonchev–Trinajstić information content (AvgIpc) is 2.79. The summed E-state index contributed by atoms with van der Waals surface area (Å²) in [6, 6.07) is 9.91. The van der Waals surface area contributed by atoms with Gasteiger partial charge in [-0.2, -0.15) is 0 Å². The van der Waals surface area contributed by atoms with Gasteiger partial charge in [0, 0.05) is 5.69 Å². The number of para-hydroxylation sites is 2. The van der Waals surface area contributed by atoms with Crippen LogP contribution in [-0.2, 0) is 6.42 Å². The number of imidazole rings is 1. The Morgan fingerprint density at radius 1 is 1.10 bits per heavy atom. The summed E-state index contributed by atoms with van der Waals surface area (Å²) in [5, 5.41) is 0. The van der Waals surface area contributed by atoms with Crippen molar-refractivity contribution in [1.29, 1.82) is 0 Å². The van der Waals surface area contributed by atoms with Crippen LogP contribution in [0.4, 0.5) is 0 Å². The van der Waals surface area contributed by atoms with Gasteiger partial charge in [-0.25, -0.2) is 9.97 Å². The maximum absolute atomic E-state index is 5.23. The third-order valence-corrected chi connectivity index (χ3v) is 3.42. The summed E-state index contributed by atoms with van der Waals surface area (Å²) in [7, 11) is 0. The first-order valence-corrected chi connectivity index (χ1v) is 7.06. The van der Waals surface area contributed by atoms with E-state index < -0.39 is 0 Å². The zero-order valence-electron chi connectivity index (χ0n) is 11.5. The van der Waals surface area contributed by atoms with E-state index in [0.29, 0.717) is 17.0 Å². The van der Waals surface area contributed by atoms with Crippen LogP contribution in [0.1, 0.15) is 37.1 Å². The highest BCUT2D eigenvalue weighted by atomic mass is 32.1. The molecule has 0 saturated heterocycles. The second-order valence-electron chi connectivity index (χ2n) is 5.15. The maximum atomic E-state index is 5.23. The molecule has 0 aliphatic rings. The van der Waals surface area contributed by atoms with Crippen LogP contribution in [0.25, 0.3) is 11.0 Å². The standard InChI is InChI=1S/C15H16N4S/c1-9(2)12-7-15(20)19-14(18-12)8-13-16-10-5-3-4-6-11(10)17-13/h3-7,9H,8H2,1-2H3,(H,16,17)(H,18,19,20). The molecule has 0 unspecified atom stereocenters. The van der Waals surface area contributed by atoms with Crippen molar-refractivity contribution in [2.75, 3.05) is 0 Å². The molecule has 2 heterocycles. The highest BCUT2D eigenvalue weighted by Gasteiger charge is 2.07. The Morgan fingerprint density at radius 3 is 2.60 bits per heavy atom. The van der Waals surface area contributed by atoms with Crippen LogP contribution in [0.15, 0.2) is 30.3 Å². The largest absolute Gasteiger partial charge is 0.346 e. The Morgan fingerprint density at radius 2 is 1.85 bits per heavy atom. The third-order valence-electron chi connectivity index (χ3n) is 3.21. The van der Waals surface area contributed by atoms with E-state index in [-0.39, 0.29) is 0 Å². The van der Waals surface area contributed by atoms with Crippen LogP contribution in [-0.4, -0.2) is 19.9 Å². The molecule has 2 aromatic heterocycles. The first-order chi connectivity index (χ1) is 9.61. The summed E-state index contributed by atoms with van der Waals surface area (Å²) in [6.45, 7) is 4.26. The summed E-state index contributed by atoms with van der Waals surface area (Å²) >= 11 is 5.23. The lowest BCUT2D eigenvalue weighted by Crippen LogP contribution is -2.03. The molecule has 0 bridgehead atoms. The van der Waals surface area contributed by atoms with Gasteiger partial charge in [0.2, 0.25) is 0 Å². The highest BCUT2D eigenvalue weighted by molar-refractivity contribution is 7.71. The van der Waals surface area contributed by atoms with Gasteiger partial charge in [-0.15, -0.1) is 0 Å². The van der Waals surface area contributed by atoms with Crippen LogP contribution < -0.4 is 0 Å². The molecule has 0 fully saturated rings. The topological polar surface area (TPSA) is 57.4 Å². The van der Waals surface area contributed by atoms with E-state index in [0.717, 1.165) is 28.4 Å². The fourth-order valence-corrected chi connectivity index (χ4v) is 2.41. The fourth-order valence-electron chi connectivity index (χ4n) is 2.17. The molecule has 3 rings (SSSR count). The minimum Gasteiger partial charge on any atom is -0.346 e. The van der Waals surface area contributed by atoms with Gasteiger partial charge in [0.15, 0.2) is 0 Å². The number of nitrogens with one attached hydrogen (secondary N) is 2. The van der Waals surface area contributed by atoms with Gasteiger partial charge < -0.3 is 9.97 Å². The molecule has 102 valence electrons. The Bertz CT molecular complexity index is 768. The van der Waals surface area contributed by atoms with E-state index in [2.05, 4.69) is 33.8 Å². The molecule has 0 radical (unpaired) electrons. The lowest BCUT2D eigenvalue weighted by Gasteiger charge is -2.07. The summed E-state index contributed by atoms with van der Waals surface area (Å²) in [4.78, 5) is 15.6. The molecule has 0 atom stereocenters. The van der Waals surface area contributed by atoms with Crippen molar-refractivity contribution in [1.82, 2.24) is 19.9 Å². The number of benzene rings is 1. The van der Waals surface area contributed by atoms with Crippen molar-refractivity contribution < 1.29 is 0 Å². The van der Waals surface area contributed by atoms with Crippen molar-refractivity contribution >= 4 is 23.3 Å². The lowest BCUT2D eigenvalue weighted by molar-refractivity contribution is 0.783. The molecule has 0 amide bonds. The van der Waals surface area contributed by atoms with Gasteiger partial charge in [-0.05, 0) is 24.1 Å². The SMILES string of the molecule is CC(C)c1cc(=S)nc(Cc2nc3ccccc3[nH]2)[nH]1. The predicted molar refractivity (Wildman–Crippen MR) is 82.4 cm³/mol. The number of aromatic nitrogens is 4. The van der Waals surface area contributed by atoms with Crippen molar-refractivity contribution in [3.8, 4) is 0 Å². The van der Waals surface area contributed by atoms with Gasteiger partial charge in [0.1, 0.15) is 16.3 Å². The van der Waals surface area contributed by atoms with Gasteiger partial charge in [-0.1, -0.05) is 38.2 Å². The van der Waals surface area contributed by atoms with Crippen LogP contribution in [0.2, 0.25) is 0 Å². The number of H-pyrrole nitrogens is 2. The summed E-state index contributed by atoms with van der Waals surface area (Å²) in [6.07, 6.45) is 0.624. The van der Waals surface area contributed by atoms with Gasteiger partial charge >= 0.3 is 0 Å². The van der Waals surface area contributed by atoms with Crippen LogP contribution in [0.5, 0.6) is 0 Å². The molecule has 2 N–H and O–H groups in total. The summed E-state index contributed by atoms with van der Waals surface area (Å²) < 4.78 is 0.624. The minimum atomic E-state index is 0.397. The molecule has 5 heteroatoms. The minimum absolute atomic E-state index is 0.397. The molecule has 1 aromatic carbocycles. The van der Waals surface area contributed by atoms with Crippen molar-refractivity contribution in [2.45, 2.75) is 26.2 Å². The second kappa shape index (κ2) is 5.17. The lowest BCUT2D eigenvalue weighted by atomic mass is 10.1. The number of nitrogens with zero attached hydrogens (tertiary/aromatic N) is 2. The number of aromatic amines is 2.